The van der Waals surface area contributed by atoms with Gasteiger partial charge < -0.3 is 19.7 Å². The second-order valence-corrected chi connectivity index (χ2v) is 7.17. The van der Waals surface area contributed by atoms with E-state index in [4.69, 9.17) is 9.47 Å². The van der Waals surface area contributed by atoms with Crippen LogP contribution in [0.3, 0.4) is 0 Å². The monoisotopic (exact) mass is 369 g/mol. The van der Waals surface area contributed by atoms with Crippen LogP contribution in [-0.2, 0) is 6.54 Å². The van der Waals surface area contributed by atoms with Gasteiger partial charge in [-0.3, -0.25) is 4.90 Å². The van der Waals surface area contributed by atoms with E-state index in [1.165, 1.54) is 5.56 Å². The number of nitrogens with zero attached hydrogens (tertiary/aromatic N) is 4. The zero-order valence-electron chi connectivity index (χ0n) is 16.0. The van der Waals surface area contributed by atoms with E-state index in [0.29, 0.717) is 12.8 Å². The zero-order chi connectivity index (χ0) is 18.6. The fourth-order valence-corrected chi connectivity index (χ4v) is 3.39. The minimum atomic E-state index is 0.324. The molecule has 1 fully saturated rings. The van der Waals surface area contributed by atoms with E-state index in [0.717, 1.165) is 62.3 Å². The van der Waals surface area contributed by atoms with Gasteiger partial charge in [-0.25, -0.2) is 9.97 Å². The highest BCUT2D eigenvalue weighted by molar-refractivity contribution is 5.49. The first kappa shape index (κ1) is 17.9. The second-order valence-electron chi connectivity index (χ2n) is 7.17. The van der Waals surface area contributed by atoms with E-state index in [9.17, 15) is 0 Å². The van der Waals surface area contributed by atoms with Crippen LogP contribution in [0.1, 0.15) is 25.8 Å². The first-order valence-electron chi connectivity index (χ1n) is 9.65. The Morgan fingerprint density at radius 3 is 2.70 bits per heavy atom. The maximum Gasteiger partial charge on any atom is 0.231 e. The van der Waals surface area contributed by atoms with Crippen LogP contribution in [0, 0.1) is 0 Å². The lowest BCUT2D eigenvalue weighted by Crippen LogP contribution is -2.46. The third-order valence-corrected chi connectivity index (χ3v) is 5.20. The Morgan fingerprint density at radius 2 is 1.89 bits per heavy atom. The highest BCUT2D eigenvalue weighted by Crippen LogP contribution is 2.33. The van der Waals surface area contributed by atoms with Gasteiger partial charge in [-0.05, 0) is 31.0 Å². The largest absolute Gasteiger partial charge is 0.454 e. The minimum Gasteiger partial charge on any atom is -0.454 e. The Labute approximate surface area is 160 Å². The summed E-state index contributed by atoms with van der Waals surface area (Å²) in [5.41, 5.74) is 1.26. The molecule has 7 heteroatoms. The van der Waals surface area contributed by atoms with Crippen LogP contribution in [0.2, 0.25) is 0 Å². The molecule has 144 valence electrons. The van der Waals surface area contributed by atoms with E-state index in [-0.39, 0.29) is 0 Å². The van der Waals surface area contributed by atoms with Crippen LogP contribution in [0.5, 0.6) is 11.5 Å². The number of fused-ring (bicyclic) bond motifs is 1. The molecule has 27 heavy (non-hydrogen) atoms. The lowest BCUT2D eigenvalue weighted by molar-refractivity contribution is 0.174. The molecule has 2 aromatic rings. The molecule has 0 amide bonds. The maximum atomic E-state index is 5.48. The summed E-state index contributed by atoms with van der Waals surface area (Å²) in [6.45, 7) is 9.52. The molecule has 1 saturated heterocycles. The number of nitrogens with one attached hydrogen (secondary N) is 1. The highest BCUT2D eigenvalue weighted by atomic mass is 16.7. The third kappa shape index (κ3) is 4.24. The topological polar surface area (TPSA) is 62.8 Å². The molecule has 3 heterocycles. The van der Waals surface area contributed by atoms with Crippen molar-refractivity contribution in [3.63, 3.8) is 0 Å². The summed E-state index contributed by atoms with van der Waals surface area (Å²) in [5.74, 6) is 3.60. The van der Waals surface area contributed by atoms with Crippen molar-refractivity contribution in [2.24, 2.45) is 0 Å². The molecule has 0 radical (unpaired) electrons. The minimum absolute atomic E-state index is 0.324. The smallest absolute Gasteiger partial charge is 0.231 e. The molecule has 2 aliphatic rings. The van der Waals surface area contributed by atoms with Crippen molar-refractivity contribution in [2.45, 2.75) is 32.9 Å². The standard InChI is InChI=1S/C20H27N5O2/c1-3-15(2)23-19-11-20(22-13-21-19)25-8-6-24(7-9-25)12-16-4-5-17-18(10-16)27-14-26-17/h4-5,10-11,13,15H,3,6-9,12,14H2,1-2H3,(H,21,22,23). The Bertz CT molecular complexity index is 777. The zero-order valence-corrected chi connectivity index (χ0v) is 16.0. The van der Waals surface area contributed by atoms with Crippen LogP contribution >= 0.6 is 0 Å². The number of hydrogen-bond donors (Lipinski definition) is 1. The molecule has 0 saturated carbocycles. The lowest BCUT2D eigenvalue weighted by atomic mass is 10.1. The molecule has 1 atom stereocenters. The Morgan fingerprint density at radius 1 is 1.07 bits per heavy atom. The molecule has 0 spiro atoms. The summed E-state index contributed by atoms with van der Waals surface area (Å²) in [6.07, 6.45) is 2.72. The van der Waals surface area contributed by atoms with Crippen LogP contribution in [0.4, 0.5) is 11.6 Å². The Hall–Kier alpha value is -2.54. The number of benzene rings is 1. The van der Waals surface area contributed by atoms with Crippen molar-refractivity contribution >= 4 is 11.6 Å². The lowest BCUT2D eigenvalue weighted by Gasteiger charge is -2.35. The number of hydrogen-bond acceptors (Lipinski definition) is 7. The van der Waals surface area contributed by atoms with Gasteiger partial charge in [-0.2, -0.15) is 0 Å². The van der Waals surface area contributed by atoms with E-state index in [1.807, 2.05) is 6.07 Å². The number of anilines is 2. The fraction of sp³-hybridized carbons (Fsp3) is 0.500. The van der Waals surface area contributed by atoms with Gasteiger partial charge in [-0.1, -0.05) is 13.0 Å². The van der Waals surface area contributed by atoms with E-state index >= 15 is 0 Å². The first-order valence-corrected chi connectivity index (χ1v) is 9.65. The summed E-state index contributed by atoms with van der Waals surface area (Å²) in [7, 11) is 0. The number of ether oxygens (including phenoxy) is 2. The number of rotatable bonds is 6. The van der Waals surface area contributed by atoms with Gasteiger partial charge in [0.05, 0.1) is 0 Å². The normalized spacial score (nSPS) is 17.8. The van der Waals surface area contributed by atoms with Gasteiger partial charge in [0.25, 0.3) is 0 Å². The molecule has 1 aromatic carbocycles. The highest BCUT2D eigenvalue weighted by Gasteiger charge is 2.20. The first-order chi connectivity index (χ1) is 13.2. The Balaban J connectivity index is 1.33. The second kappa shape index (κ2) is 8.00. The van der Waals surface area contributed by atoms with Crippen LogP contribution in [0.25, 0.3) is 0 Å². The van der Waals surface area contributed by atoms with Gasteiger partial charge in [-0.15, -0.1) is 0 Å². The molecular formula is C20H27N5O2. The fourth-order valence-electron chi connectivity index (χ4n) is 3.39. The third-order valence-electron chi connectivity index (χ3n) is 5.20. The predicted molar refractivity (Wildman–Crippen MR) is 105 cm³/mol. The molecule has 1 unspecified atom stereocenters. The van der Waals surface area contributed by atoms with Gasteiger partial charge in [0.2, 0.25) is 6.79 Å². The van der Waals surface area contributed by atoms with Crippen molar-refractivity contribution in [3.05, 3.63) is 36.2 Å². The van der Waals surface area contributed by atoms with Gasteiger partial charge >= 0.3 is 0 Å². The van der Waals surface area contributed by atoms with Crippen LogP contribution in [0.15, 0.2) is 30.6 Å². The van der Waals surface area contributed by atoms with Gasteiger partial charge in [0, 0.05) is 44.8 Å². The molecule has 0 aliphatic carbocycles. The van der Waals surface area contributed by atoms with Gasteiger partial charge in [0.15, 0.2) is 11.5 Å². The van der Waals surface area contributed by atoms with E-state index in [2.05, 4.69) is 57.1 Å². The predicted octanol–water partition coefficient (Wildman–Crippen LogP) is 2.74. The molecule has 7 nitrogen and oxygen atoms in total. The molecule has 1 N–H and O–H groups in total. The summed E-state index contributed by atoms with van der Waals surface area (Å²) in [4.78, 5) is 13.6. The SMILES string of the molecule is CCC(C)Nc1cc(N2CCN(Cc3ccc4c(c3)OCO4)CC2)ncn1. The van der Waals surface area contributed by atoms with E-state index < -0.39 is 0 Å². The van der Waals surface area contributed by atoms with Gasteiger partial charge in [0.1, 0.15) is 18.0 Å². The number of piperazine rings is 1. The van der Waals surface area contributed by atoms with Crippen molar-refractivity contribution < 1.29 is 9.47 Å². The van der Waals surface area contributed by atoms with Crippen molar-refractivity contribution in [1.29, 1.82) is 0 Å². The quantitative estimate of drug-likeness (QED) is 0.840. The summed E-state index contributed by atoms with van der Waals surface area (Å²) >= 11 is 0. The molecule has 4 rings (SSSR count). The number of aromatic nitrogens is 2. The van der Waals surface area contributed by atoms with Crippen LogP contribution < -0.4 is 19.7 Å². The van der Waals surface area contributed by atoms with Crippen LogP contribution in [-0.4, -0.2) is 53.9 Å². The molecular weight excluding hydrogens is 342 g/mol. The summed E-state index contributed by atoms with van der Waals surface area (Å²) in [5, 5.41) is 3.42. The maximum absolute atomic E-state index is 5.48. The average Bonchev–Trinajstić information content (AvgIpc) is 3.16. The average molecular weight is 369 g/mol. The molecule has 2 aliphatic heterocycles. The van der Waals surface area contributed by atoms with Crippen molar-refractivity contribution in [2.75, 3.05) is 43.2 Å². The summed E-state index contributed by atoms with van der Waals surface area (Å²) < 4.78 is 10.9. The Kier molecular flexibility index (Phi) is 5.29. The van der Waals surface area contributed by atoms with E-state index in [1.54, 1.807) is 6.33 Å². The van der Waals surface area contributed by atoms with Crippen molar-refractivity contribution in [1.82, 2.24) is 14.9 Å². The molecule has 1 aromatic heterocycles. The summed E-state index contributed by atoms with van der Waals surface area (Å²) in [6, 6.07) is 8.68. The molecule has 0 bridgehead atoms. The van der Waals surface area contributed by atoms with Crippen molar-refractivity contribution in [3.8, 4) is 11.5 Å².